The number of benzene rings is 1. The lowest BCUT2D eigenvalue weighted by Crippen LogP contribution is -2.18. The van der Waals surface area contributed by atoms with Crippen molar-refractivity contribution in [3.05, 3.63) is 80.5 Å². The molecule has 26 heavy (non-hydrogen) atoms. The first-order valence-electron chi connectivity index (χ1n) is 8.00. The minimum atomic E-state index is -0.488. The van der Waals surface area contributed by atoms with Gasteiger partial charge in [0.15, 0.2) is 11.2 Å². The maximum Gasteiger partial charge on any atom is 0.292 e. The van der Waals surface area contributed by atoms with Crippen molar-refractivity contribution >= 4 is 34.0 Å². The largest absolute Gasteiger partial charge is 0.451 e. The minimum Gasteiger partial charge on any atom is -0.451 e. The second-order valence-corrected chi connectivity index (χ2v) is 6.91. The Morgan fingerprint density at radius 1 is 1.27 bits per heavy atom. The van der Waals surface area contributed by atoms with Gasteiger partial charge in [0, 0.05) is 17.0 Å². The molecule has 1 amide bonds. The summed E-state index contributed by atoms with van der Waals surface area (Å²) in [5.74, 6) is 0.0193. The predicted molar refractivity (Wildman–Crippen MR) is 101 cm³/mol. The van der Waals surface area contributed by atoms with E-state index in [1.807, 2.05) is 30.5 Å². The second-order valence-electron chi connectivity index (χ2n) is 5.88. The fraction of sp³-hybridized carbons (Fsp3) is 0.105. The van der Waals surface area contributed by atoms with Crippen molar-refractivity contribution in [2.24, 2.45) is 0 Å². The molecule has 0 atom stereocenters. The van der Waals surface area contributed by atoms with Gasteiger partial charge in [-0.05, 0) is 36.1 Å². The van der Waals surface area contributed by atoms with E-state index in [4.69, 9.17) is 4.42 Å². The van der Waals surface area contributed by atoms with Crippen LogP contribution in [0.5, 0.6) is 0 Å². The Balaban J connectivity index is 1.62. The normalized spacial score (nSPS) is 11.0. The number of carbonyl (C=O) groups excluding carboxylic acids is 1. The summed E-state index contributed by atoms with van der Waals surface area (Å²) in [5.41, 5.74) is 1.10. The summed E-state index contributed by atoms with van der Waals surface area (Å²) in [6, 6.07) is 12.2. The van der Waals surface area contributed by atoms with Gasteiger partial charge in [-0.3, -0.25) is 9.59 Å². The minimum absolute atomic E-state index is 0.0306. The number of fused-ring (bicyclic) bond motifs is 1. The van der Waals surface area contributed by atoms with Gasteiger partial charge in [-0.1, -0.05) is 12.1 Å². The third kappa shape index (κ3) is 3.16. The molecule has 0 spiro atoms. The van der Waals surface area contributed by atoms with E-state index in [-0.39, 0.29) is 11.2 Å². The van der Waals surface area contributed by atoms with E-state index < -0.39 is 5.91 Å². The van der Waals surface area contributed by atoms with Crippen LogP contribution in [0.3, 0.4) is 0 Å². The van der Waals surface area contributed by atoms with Crippen LogP contribution in [-0.4, -0.2) is 15.7 Å². The van der Waals surface area contributed by atoms with Crippen molar-refractivity contribution in [1.29, 1.82) is 0 Å². The lowest BCUT2D eigenvalue weighted by Gasteiger charge is -2.08. The topological polar surface area (TPSA) is 77.1 Å². The van der Waals surface area contributed by atoms with Gasteiger partial charge in [0.1, 0.15) is 11.4 Å². The van der Waals surface area contributed by atoms with Crippen LogP contribution in [0, 0.1) is 6.92 Å². The number of hydrogen-bond donors (Lipinski definition) is 1. The van der Waals surface area contributed by atoms with Crippen LogP contribution >= 0.6 is 11.3 Å². The van der Waals surface area contributed by atoms with Crippen LogP contribution in [0.15, 0.2) is 63.3 Å². The van der Waals surface area contributed by atoms with Gasteiger partial charge in [-0.25, -0.2) is 4.68 Å². The molecule has 0 radical (unpaired) electrons. The number of thiophene rings is 1. The number of hydrogen-bond acceptors (Lipinski definition) is 5. The van der Waals surface area contributed by atoms with Crippen molar-refractivity contribution in [2.75, 3.05) is 5.32 Å². The van der Waals surface area contributed by atoms with Gasteiger partial charge >= 0.3 is 0 Å². The van der Waals surface area contributed by atoms with E-state index >= 15 is 0 Å². The number of nitrogens with one attached hydrogen (secondary N) is 1. The van der Waals surface area contributed by atoms with Crippen LogP contribution in [0.2, 0.25) is 0 Å². The molecule has 4 rings (SSSR count). The zero-order valence-electron chi connectivity index (χ0n) is 13.9. The first-order valence-corrected chi connectivity index (χ1v) is 8.88. The zero-order valence-corrected chi connectivity index (χ0v) is 14.7. The molecule has 6 nitrogen and oxygen atoms in total. The molecule has 7 heteroatoms. The molecule has 0 unspecified atom stereocenters. The highest BCUT2D eigenvalue weighted by atomic mass is 32.1. The van der Waals surface area contributed by atoms with Gasteiger partial charge in [0.25, 0.3) is 5.91 Å². The highest BCUT2D eigenvalue weighted by Crippen LogP contribution is 2.17. The molecule has 0 bridgehead atoms. The van der Waals surface area contributed by atoms with Crippen molar-refractivity contribution in [3.63, 3.8) is 0 Å². The summed E-state index contributed by atoms with van der Waals surface area (Å²) < 4.78 is 7.33. The average Bonchev–Trinajstić information content (AvgIpc) is 3.27. The number of rotatable bonds is 4. The fourth-order valence-corrected chi connectivity index (χ4v) is 3.35. The Labute approximate surface area is 152 Å². The number of carbonyl (C=O) groups is 1. The van der Waals surface area contributed by atoms with Gasteiger partial charge in [0.2, 0.25) is 0 Å². The summed E-state index contributed by atoms with van der Waals surface area (Å²) >= 11 is 1.62. The SMILES string of the molecule is Cc1ccc2c(=O)cc(C(=O)Nc3ccnn3Cc3cccs3)oc2c1. The molecule has 0 saturated carbocycles. The molecular formula is C19H15N3O3S. The van der Waals surface area contributed by atoms with Crippen LogP contribution in [0.1, 0.15) is 21.0 Å². The highest BCUT2D eigenvalue weighted by molar-refractivity contribution is 7.09. The first-order chi connectivity index (χ1) is 12.6. The molecule has 0 aliphatic heterocycles. The zero-order chi connectivity index (χ0) is 18.1. The summed E-state index contributed by atoms with van der Waals surface area (Å²) in [6.45, 7) is 2.45. The van der Waals surface area contributed by atoms with Crippen LogP contribution in [0.25, 0.3) is 11.0 Å². The molecule has 4 aromatic rings. The van der Waals surface area contributed by atoms with Crippen molar-refractivity contribution in [1.82, 2.24) is 9.78 Å². The Hall–Kier alpha value is -3.19. The molecule has 0 saturated heterocycles. The van der Waals surface area contributed by atoms with Crippen LogP contribution < -0.4 is 10.7 Å². The maximum absolute atomic E-state index is 12.6. The fourth-order valence-electron chi connectivity index (χ4n) is 2.67. The van der Waals surface area contributed by atoms with E-state index in [2.05, 4.69) is 10.4 Å². The number of aromatic nitrogens is 2. The maximum atomic E-state index is 12.6. The Morgan fingerprint density at radius 2 is 2.15 bits per heavy atom. The molecule has 0 fully saturated rings. The van der Waals surface area contributed by atoms with Crippen LogP contribution in [-0.2, 0) is 6.54 Å². The van der Waals surface area contributed by atoms with Gasteiger partial charge in [-0.15, -0.1) is 11.3 Å². The van der Waals surface area contributed by atoms with E-state index in [0.717, 1.165) is 10.4 Å². The first kappa shape index (κ1) is 16.3. The predicted octanol–water partition coefficient (Wildman–Crippen LogP) is 3.66. The van der Waals surface area contributed by atoms with Crippen molar-refractivity contribution < 1.29 is 9.21 Å². The van der Waals surface area contributed by atoms with E-state index in [1.54, 1.807) is 40.4 Å². The Kier molecular flexibility index (Phi) is 4.14. The van der Waals surface area contributed by atoms with Gasteiger partial charge in [-0.2, -0.15) is 5.10 Å². The molecule has 0 aliphatic carbocycles. The van der Waals surface area contributed by atoms with Crippen molar-refractivity contribution in [2.45, 2.75) is 13.5 Å². The number of aryl methyl sites for hydroxylation is 1. The Morgan fingerprint density at radius 3 is 2.96 bits per heavy atom. The molecule has 0 aliphatic rings. The van der Waals surface area contributed by atoms with Crippen molar-refractivity contribution in [3.8, 4) is 0 Å². The highest BCUT2D eigenvalue weighted by Gasteiger charge is 2.15. The summed E-state index contributed by atoms with van der Waals surface area (Å²) in [6.07, 6.45) is 1.61. The molecule has 1 aromatic carbocycles. The third-order valence-electron chi connectivity index (χ3n) is 3.95. The number of nitrogens with zero attached hydrogens (tertiary/aromatic N) is 2. The lowest BCUT2D eigenvalue weighted by atomic mass is 10.1. The summed E-state index contributed by atoms with van der Waals surface area (Å²) in [4.78, 5) is 25.9. The van der Waals surface area contributed by atoms with Gasteiger partial charge in [0.05, 0.1) is 18.1 Å². The van der Waals surface area contributed by atoms with E-state index in [9.17, 15) is 9.59 Å². The molecule has 1 N–H and O–H groups in total. The number of anilines is 1. The quantitative estimate of drug-likeness (QED) is 0.599. The standard InChI is InChI=1S/C19H15N3O3S/c1-12-4-5-14-15(23)10-17(25-16(14)9-12)19(24)21-18-6-7-20-22(18)11-13-3-2-8-26-13/h2-10H,11H2,1H3,(H,21,24). The summed E-state index contributed by atoms with van der Waals surface area (Å²) in [7, 11) is 0. The number of amides is 1. The second kappa shape index (κ2) is 6.61. The average molecular weight is 365 g/mol. The van der Waals surface area contributed by atoms with E-state index in [1.165, 1.54) is 6.07 Å². The van der Waals surface area contributed by atoms with Crippen LogP contribution in [0.4, 0.5) is 5.82 Å². The molecular weight excluding hydrogens is 350 g/mol. The molecule has 3 aromatic heterocycles. The third-order valence-corrected chi connectivity index (χ3v) is 4.81. The Bertz CT molecular complexity index is 1140. The lowest BCUT2D eigenvalue weighted by molar-refractivity contribution is 0.0996. The summed E-state index contributed by atoms with van der Waals surface area (Å²) in [5, 5.41) is 9.43. The van der Waals surface area contributed by atoms with Gasteiger partial charge < -0.3 is 9.73 Å². The molecule has 130 valence electrons. The smallest absolute Gasteiger partial charge is 0.292 e. The van der Waals surface area contributed by atoms with E-state index in [0.29, 0.717) is 23.3 Å². The monoisotopic (exact) mass is 365 g/mol. The molecule has 3 heterocycles.